The molecule has 1 N–H and O–H groups in total. The van der Waals surface area contributed by atoms with Gasteiger partial charge in [-0.2, -0.15) is 0 Å². The van der Waals surface area contributed by atoms with Gasteiger partial charge >= 0.3 is 0 Å². The van der Waals surface area contributed by atoms with Crippen LogP contribution in [0.25, 0.3) is 10.9 Å². The van der Waals surface area contributed by atoms with Crippen molar-refractivity contribution in [1.82, 2.24) is 9.88 Å². The Morgan fingerprint density at radius 1 is 1.00 bits per heavy atom. The van der Waals surface area contributed by atoms with E-state index in [0.29, 0.717) is 0 Å². The summed E-state index contributed by atoms with van der Waals surface area (Å²) in [6.07, 6.45) is 7.96. The Morgan fingerprint density at radius 3 is 2.62 bits per heavy atom. The first kappa shape index (κ1) is 17.3. The number of fused-ring (bicyclic) bond motifs is 1. The number of rotatable bonds is 6. The van der Waals surface area contributed by atoms with Gasteiger partial charge < -0.3 is 9.88 Å². The molecule has 136 valence electrons. The minimum Gasteiger partial charge on any atom is -0.361 e. The second kappa shape index (κ2) is 8.05. The maximum absolute atomic E-state index is 13.5. The molecule has 3 aromatic rings. The number of nitrogens with one attached hydrogen (secondary N) is 1. The van der Waals surface area contributed by atoms with Crippen LogP contribution in [0.5, 0.6) is 0 Å². The monoisotopic (exact) mass is 350 g/mol. The highest BCUT2D eigenvalue weighted by atomic mass is 19.1. The minimum absolute atomic E-state index is 0.153. The third kappa shape index (κ3) is 3.99. The molecule has 0 spiro atoms. The molecule has 0 atom stereocenters. The van der Waals surface area contributed by atoms with Crippen LogP contribution in [0.3, 0.4) is 0 Å². The second-order valence-corrected chi connectivity index (χ2v) is 7.49. The molecule has 0 saturated carbocycles. The molecule has 2 aromatic carbocycles. The van der Waals surface area contributed by atoms with Crippen molar-refractivity contribution in [3.63, 3.8) is 0 Å². The normalized spacial score (nSPS) is 16.3. The molecule has 0 bridgehead atoms. The van der Waals surface area contributed by atoms with Crippen LogP contribution < -0.4 is 0 Å². The van der Waals surface area contributed by atoms with E-state index in [1.807, 2.05) is 12.3 Å². The number of piperidine rings is 1. The highest BCUT2D eigenvalue weighted by Gasteiger charge is 2.19. The van der Waals surface area contributed by atoms with Crippen LogP contribution >= 0.6 is 0 Å². The Labute approximate surface area is 155 Å². The highest BCUT2D eigenvalue weighted by molar-refractivity contribution is 5.83. The third-order valence-electron chi connectivity index (χ3n) is 5.76. The van der Waals surface area contributed by atoms with Crippen LogP contribution in [0.2, 0.25) is 0 Å². The van der Waals surface area contributed by atoms with Gasteiger partial charge in [0.25, 0.3) is 0 Å². The lowest BCUT2D eigenvalue weighted by atomic mass is 9.89. The molecule has 1 aliphatic heterocycles. The molecule has 2 nitrogen and oxygen atoms in total. The van der Waals surface area contributed by atoms with Crippen molar-refractivity contribution >= 4 is 10.9 Å². The number of likely N-dealkylation sites (tertiary alicyclic amines) is 1. The SMILES string of the molecule is Fc1ccc2[nH]cc(CCCCN3CCC(c4ccccc4)CC3)c2c1. The van der Waals surface area contributed by atoms with E-state index in [9.17, 15) is 4.39 Å². The van der Waals surface area contributed by atoms with E-state index in [0.717, 1.165) is 29.7 Å². The van der Waals surface area contributed by atoms with Gasteiger partial charge in [-0.25, -0.2) is 4.39 Å². The van der Waals surface area contributed by atoms with Gasteiger partial charge in [-0.05, 0) is 87.0 Å². The van der Waals surface area contributed by atoms with Crippen molar-refractivity contribution in [2.24, 2.45) is 0 Å². The number of aromatic nitrogens is 1. The number of halogens is 1. The van der Waals surface area contributed by atoms with E-state index in [1.54, 1.807) is 6.07 Å². The van der Waals surface area contributed by atoms with Gasteiger partial charge in [0.2, 0.25) is 0 Å². The Kier molecular flexibility index (Phi) is 5.35. The molecule has 1 saturated heterocycles. The van der Waals surface area contributed by atoms with Crippen LogP contribution in [0, 0.1) is 5.82 Å². The van der Waals surface area contributed by atoms with Gasteiger partial charge in [-0.1, -0.05) is 30.3 Å². The fraction of sp³-hybridized carbons (Fsp3) is 0.391. The number of H-pyrrole nitrogens is 1. The standard InChI is InChI=1S/C23H27FN2/c24-21-9-10-23-22(16-21)20(17-25-23)8-4-5-13-26-14-11-19(12-15-26)18-6-2-1-3-7-18/h1-3,6-7,9-10,16-17,19,25H,4-5,8,11-15H2. The van der Waals surface area contributed by atoms with Gasteiger partial charge in [-0.15, -0.1) is 0 Å². The lowest BCUT2D eigenvalue weighted by molar-refractivity contribution is 0.209. The molecule has 3 heteroatoms. The lowest BCUT2D eigenvalue weighted by Gasteiger charge is -2.32. The van der Waals surface area contributed by atoms with E-state index in [2.05, 4.69) is 40.2 Å². The van der Waals surface area contributed by atoms with Gasteiger partial charge in [0, 0.05) is 17.1 Å². The molecule has 2 heterocycles. The Balaban J connectivity index is 1.21. The lowest BCUT2D eigenvalue weighted by Crippen LogP contribution is -2.33. The topological polar surface area (TPSA) is 19.0 Å². The summed E-state index contributed by atoms with van der Waals surface area (Å²) < 4.78 is 13.5. The summed E-state index contributed by atoms with van der Waals surface area (Å²) in [7, 11) is 0. The van der Waals surface area contributed by atoms with Crippen LogP contribution in [-0.2, 0) is 6.42 Å². The number of aryl methyl sites for hydroxylation is 1. The van der Waals surface area contributed by atoms with Crippen molar-refractivity contribution < 1.29 is 4.39 Å². The van der Waals surface area contributed by atoms with Crippen molar-refractivity contribution in [2.45, 2.75) is 38.0 Å². The zero-order valence-corrected chi connectivity index (χ0v) is 15.3. The van der Waals surface area contributed by atoms with E-state index in [-0.39, 0.29) is 5.82 Å². The van der Waals surface area contributed by atoms with E-state index >= 15 is 0 Å². The van der Waals surface area contributed by atoms with Gasteiger partial charge in [0.1, 0.15) is 5.82 Å². The summed E-state index contributed by atoms with van der Waals surface area (Å²) in [5, 5.41) is 1.04. The van der Waals surface area contributed by atoms with Crippen LogP contribution in [0.1, 0.15) is 42.7 Å². The van der Waals surface area contributed by atoms with E-state index in [4.69, 9.17) is 0 Å². The fourth-order valence-corrected chi connectivity index (χ4v) is 4.22. The van der Waals surface area contributed by atoms with Crippen LogP contribution in [0.15, 0.2) is 54.7 Å². The third-order valence-corrected chi connectivity index (χ3v) is 5.76. The molecule has 4 rings (SSSR count). The first-order chi connectivity index (χ1) is 12.8. The smallest absolute Gasteiger partial charge is 0.123 e. The zero-order chi connectivity index (χ0) is 17.8. The molecule has 0 aliphatic carbocycles. The average Bonchev–Trinajstić information content (AvgIpc) is 3.08. The molecule has 0 amide bonds. The Bertz CT molecular complexity index is 832. The summed E-state index contributed by atoms with van der Waals surface area (Å²) in [6.45, 7) is 3.59. The van der Waals surface area contributed by atoms with Crippen molar-refractivity contribution in [2.75, 3.05) is 19.6 Å². The molecular weight excluding hydrogens is 323 g/mol. The number of hydrogen-bond donors (Lipinski definition) is 1. The fourth-order valence-electron chi connectivity index (χ4n) is 4.22. The molecule has 0 unspecified atom stereocenters. The van der Waals surface area contributed by atoms with Crippen LogP contribution in [-0.4, -0.2) is 29.5 Å². The summed E-state index contributed by atoms with van der Waals surface area (Å²) >= 11 is 0. The number of nitrogens with zero attached hydrogens (tertiary/aromatic N) is 1. The zero-order valence-electron chi connectivity index (χ0n) is 15.3. The predicted octanol–water partition coefficient (Wildman–Crippen LogP) is 5.51. The van der Waals surface area contributed by atoms with Gasteiger partial charge in [0.15, 0.2) is 0 Å². The Morgan fingerprint density at radius 2 is 1.81 bits per heavy atom. The van der Waals surface area contributed by atoms with E-state index in [1.165, 1.54) is 56.1 Å². The number of hydrogen-bond acceptors (Lipinski definition) is 1. The van der Waals surface area contributed by atoms with E-state index < -0.39 is 0 Å². The maximum atomic E-state index is 13.5. The molecule has 1 aromatic heterocycles. The first-order valence-electron chi connectivity index (χ1n) is 9.82. The molecule has 1 aliphatic rings. The van der Waals surface area contributed by atoms with Crippen molar-refractivity contribution in [3.05, 3.63) is 71.7 Å². The summed E-state index contributed by atoms with van der Waals surface area (Å²) in [6, 6.07) is 15.9. The summed E-state index contributed by atoms with van der Waals surface area (Å²) in [5.74, 6) is 0.577. The molecule has 1 fully saturated rings. The highest BCUT2D eigenvalue weighted by Crippen LogP contribution is 2.28. The first-order valence-corrected chi connectivity index (χ1v) is 9.82. The van der Waals surface area contributed by atoms with Gasteiger partial charge in [-0.3, -0.25) is 0 Å². The summed E-state index contributed by atoms with van der Waals surface area (Å²) in [5.41, 5.74) is 3.77. The van der Waals surface area contributed by atoms with Gasteiger partial charge in [0.05, 0.1) is 0 Å². The molecule has 26 heavy (non-hydrogen) atoms. The second-order valence-electron chi connectivity index (χ2n) is 7.49. The van der Waals surface area contributed by atoms with Crippen molar-refractivity contribution in [3.8, 4) is 0 Å². The molecule has 0 radical (unpaired) electrons. The number of benzene rings is 2. The number of unbranched alkanes of at least 4 members (excludes halogenated alkanes) is 1. The minimum atomic E-state index is -0.153. The average molecular weight is 350 g/mol. The van der Waals surface area contributed by atoms with Crippen LogP contribution in [0.4, 0.5) is 4.39 Å². The Hall–Kier alpha value is -2.13. The quantitative estimate of drug-likeness (QED) is 0.581. The predicted molar refractivity (Wildman–Crippen MR) is 106 cm³/mol. The number of aromatic amines is 1. The van der Waals surface area contributed by atoms with Crippen molar-refractivity contribution in [1.29, 1.82) is 0 Å². The largest absolute Gasteiger partial charge is 0.361 e. The maximum Gasteiger partial charge on any atom is 0.123 e. The summed E-state index contributed by atoms with van der Waals surface area (Å²) in [4.78, 5) is 5.85. The molecular formula is C23H27FN2.